The van der Waals surface area contributed by atoms with Crippen molar-refractivity contribution in [2.75, 3.05) is 26.3 Å². The molecule has 0 aliphatic carbocycles. The van der Waals surface area contributed by atoms with Gasteiger partial charge >= 0.3 is 0 Å². The van der Waals surface area contributed by atoms with Gasteiger partial charge in [0.2, 0.25) is 0 Å². The minimum Gasteiger partial charge on any atom is -0.314 e. The molecule has 1 saturated heterocycles. The van der Waals surface area contributed by atoms with Crippen LogP contribution in [0.4, 0.5) is 4.39 Å². The first-order valence-corrected chi connectivity index (χ1v) is 5.45. The standard InChI is InChI=1S/C12H17FN2/c13-8-12-9-14-6-7-15(12)10-11-4-2-1-3-5-11/h1-5,12,14H,6-10H2. The molecular formula is C12H17FN2. The van der Waals surface area contributed by atoms with Gasteiger partial charge in [0, 0.05) is 26.2 Å². The van der Waals surface area contributed by atoms with E-state index in [1.165, 1.54) is 5.56 Å². The van der Waals surface area contributed by atoms with Gasteiger partial charge in [-0.25, -0.2) is 4.39 Å². The van der Waals surface area contributed by atoms with Crippen LogP contribution in [0.25, 0.3) is 0 Å². The van der Waals surface area contributed by atoms with Gasteiger partial charge < -0.3 is 5.32 Å². The van der Waals surface area contributed by atoms with Crippen LogP contribution >= 0.6 is 0 Å². The molecule has 0 bridgehead atoms. The van der Waals surface area contributed by atoms with E-state index in [1.807, 2.05) is 18.2 Å². The third kappa shape index (κ3) is 2.76. The molecule has 1 unspecified atom stereocenters. The van der Waals surface area contributed by atoms with E-state index in [4.69, 9.17) is 0 Å². The van der Waals surface area contributed by atoms with Crippen LogP contribution in [0.1, 0.15) is 5.56 Å². The van der Waals surface area contributed by atoms with Crippen molar-refractivity contribution >= 4 is 0 Å². The second-order valence-electron chi connectivity index (χ2n) is 3.97. The van der Waals surface area contributed by atoms with Gasteiger partial charge in [-0.2, -0.15) is 0 Å². The summed E-state index contributed by atoms with van der Waals surface area (Å²) in [6.07, 6.45) is 0. The minimum atomic E-state index is -0.264. The minimum absolute atomic E-state index is 0.0407. The molecule has 0 aromatic heterocycles. The average molecular weight is 208 g/mol. The molecule has 1 N–H and O–H groups in total. The van der Waals surface area contributed by atoms with Gasteiger partial charge in [0.25, 0.3) is 0 Å². The third-order valence-corrected chi connectivity index (χ3v) is 2.88. The monoisotopic (exact) mass is 208 g/mol. The van der Waals surface area contributed by atoms with E-state index in [0.717, 1.165) is 26.2 Å². The van der Waals surface area contributed by atoms with Crippen LogP contribution in [0.2, 0.25) is 0 Å². The molecule has 15 heavy (non-hydrogen) atoms. The van der Waals surface area contributed by atoms with Crippen LogP contribution in [0.5, 0.6) is 0 Å². The van der Waals surface area contributed by atoms with Gasteiger partial charge in [-0.15, -0.1) is 0 Å². The summed E-state index contributed by atoms with van der Waals surface area (Å²) in [6, 6.07) is 10.3. The zero-order valence-corrected chi connectivity index (χ0v) is 8.82. The number of nitrogens with zero attached hydrogens (tertiary/aromatic N) is 1. The van der Waals surface area contributed by atoms with Gasteiger partial charge in [-0.1, -0.05) is 30.3 Å². The van der Waals surface area contributed by atoms with Crippen molar-refractivity contribution in [2.24, 2.45) is 0 Å². The van der Waals surface area contributed by atoms with Gasteiger partial charge in [0.05, 0.1) is 6.04 Å². The number of piperazine rings is 1. The maximum absolute atomic E-state index is 12.7. The number of hydrogen-bond acceptors (Lipinski definition) is 2. The molecule has 1 aromatic rings. The summed E-state index contributed by atoms with van der Waals surface area (Å²) in [5.74, 6) is 0. The van der Waals surface area contributed by atoms with Crippen LogP contribution in [0.3, 0.4) is 0 Å². The van der Waals surface area contributed by atoms with Crippen LogP contribution in [0, 0.1) is 0 Å². The lowest BCUT2D eigenvalue weighted by Crippen LogP contribution is -2.51. The maximum atomic E-state index is 12.7. The number of benzene rings is 1. The fourth-order valence-electron chi connectivity index (χ4n) is 1.98. The normalized spacial score (nSPS) is 22.9. The lowest BCUT2D eigenvalue weighted by Gasteiger charge is -2.34. The summed E-state index contributed by atoms with van der Waals surface area (Å²) in [4.78, 5) is 2.21. The second-order valence-corrected chi connectivity index (χ2v) is 3.97. The summed E-state index contributed by atoms with van der Waals surface area (Å²) in [5.41, 5.74) is 1.26. The molecule has 1 aliphatic heterocycles. The van der Waals surface area contributed by atoms with Gasteiger partial charge in [0.15, 0.2) is 0 Å². The van der Waals surface area contributed by atoms with E-state index in [-0.39, 0.29) is 12.7 Å². The fraction of sp³-hybridized carbons (Fsp3) is 0.500. The SMILES string of the molecule is FCC1CNCCN1Cc1ccccc1. The Hall–Kier alpha value is -0.930. The zero-order chi connectivity index (χ0) is 10.5. The lowest BCUT2D eigenvalue weighted by atomic mass is 10.1. The van der Waals surface area contributed by atoms with E-state index in [2.05, 4.69) is 22.3 Å². The van der Waals surface area contributed by atoms with Crippen molar-refractivity contribution < 1.29 is 4.39 Å². The average Bonchev–Trinajstić information content (AvgIpc) is 2.31. The number of rotatable bonds is 3. The summed E-state index contributed by atoms with van der Waals surface area (Å²) in [5, 5.41) is 3.22. The van der Waals surface area contributed by atoms with E-state index in [9.17, 15) is 4.39 Å². The Balaban J connectivity index is 1.97. The molecule has 0 spiro atoms. The Bertz CT molecular complexity index is 289. The van der Waals surface area contributed by atoms with Crippen molar-refractivity contribution in [3.05, 3.63) is 35.9 Å². The first-order chi connectivity index (χ1) is 7.40. The van der Waals surface area contributed by atoms with Crippen molar-refractivity contribution in [2.45, 2.75) is 12.6 Å². The smallest absolute Gasteiger partial charge is 0.106 e. The Labute approximate surface area is 90.1 Å². The highest BCUT2D eigenvalue weighted by Gasteiger charge is 2.21. The summed E-state index contributed by atoms with van der Waals surface area (Å²) in [7, 11) is 0. The highest BCUT2D eigenvalue weighted by molar-refractivity contribution is 5.14. The number of halogens is 1. The Morgan fingerprint density at radius 3 is 2.87 bits per heavy atom. The zero-order valence-electron chi connectivity index (χ0n) is 8.82. The van der Waals surface area contributed by atoms with Crippen LogP contribution in [-0.2, 0) is 6.54 Å². The summed E-state index contributed by atoms with van der Waals surface area (Å²) >= 11 is 0. The predicted molar refractivity (Wildman–Crippen MR) is 59.5 cm³/mol. The van der Waals surface area contributed by atoms with Crippen molar-refractivity contribution in [3.8, 4) is 0 Å². The number of nitrogens with one attached hydrogen (secondary N) is 1. The highest BCUT2D eigenvalue weighted by Crippen LogP contribution is 2.10. The third-order valence-electron chi connectivity index (χ3n) is 2.88. The molecule has 1 fully saturated rings. The Morgan fingerprint density at radius 1 is 1.33 bits per heavy atom. The first-order valence-electron chi connectivity index (χ1n) is 5.45. The molecule has 1 aliphatic rings. The fourth-order valence-corrected chi connectivity index (χ4v) is 1.98. The van der Waals surface area contributed by atoms with E-state index in [1.54, 1.807) is 0 Å². The topological polar surface area (TPSA) is 15.3 Å². The number of hydrogen-bond donors (Lipinski definition) is 1. The van der Waals surface area contributed by atoms with Crippen LogP contribution < -0.4 is 5.32 Å². The van der Waals surface area contributed by atoms with Crippen LogP contribution in [-0.4, -0.2) is 37.3 Å². The molecule has 0 saturated carbocycles. The van der Waals surface area contributed by atoms with Crippen molar-refractivity contribution in [3.63, 3.8) is 0 Å². The van der Waals surface area contributed by atoms with E-state index < -0.39 is 0 Å². The molecule has 1 aromatic carbocycles. The van der Waals surface area contributed by atoms with Gasteiger partial charge in [0.1, 0.15) is 6.67 Å². The highest BCUT2D eigenvalue weighted by atomic mass is 19.1. The van der Waals surface area contributed by atoms with Gasteiger partial charge in [-0.05, 0) is 5.56 Å². The van der Waals surface area contributed by atoms with E-state index >= 15 is 0 Å². The Morgan fingerprint density at radius 2 is 2.13 bits per heavy atom. The molecule has 3 heteroatoms. The molecule has 82 valence electrons. The molecule has 0 amide bonds. The molecule has 1 heterocycles. The van der Waals surface area contributed by atoms with Gasteiger partial charge in [-0.3, -0.25) is 4.90 Å². The van der Waals surface area contributed by atoms with Crippen molar-refractivity contribution in [1.82, 2.24) is 10.2 Å². The maximum Gasteiger partial charge on any atom is 0.106 e. The molecule has 2 nitrogen and oxygen atoms in total. The lowest BCUT2D eigenvalue weighted by molar-refractivity contribution is 0.128. The molecule has 2 rings (SSSR count). The van der Waals surface area contributed by atoms with Crippen molar-refractivity contribution in [1.29, 1.82) is 0 Å². The Kier molecular flexibility index (Phi) is 3.69. The summed E-state index contributed by atoms with van der Waals surface area (Å²) < 4.78 is 12.7. The number of alkyl halides is 1. The first kappa shape index (κ1) is 10.6. The second kappa shape index (κ2) is 5.24. The molecule has 0 radical (unpaired) electrons. The summed E-state index contributed by atoms with van der Waals surface area (Å²) in [6.45, 7) is 3.26. The van der Waals surface area contributed by atoms with E-state index in [0.29, 0.717) is 0 Å². The quantitative estimate of drug-likeness (QED) is 0.808. The molecule has 1 atom stereocenters. The van der Waals surface area contributed by atoms with Crippen LogP contribution in [0.15, 0.2) is 30.3 Å². The largest absolute Gasteiger partial charge is 0.314 e. The molecular weight excluding hydrogens is 191 g/mol. The predicted octanol–water partition coefficient (Wildman–Crippen LogP) is 1.43.